The normalized spacial score (nSPS) is 21.0. The van der Waals surface area contributed by atoms with Crippen LogP contribution in [0.15, 0.2) is 35.2 Å². The molecule has 1 saturated heterocycles. The van der Waals surface area contributed by atoms with Crippen LogP contribution < -0.4 is 5.32 Å². The predicted molar refractivity (Wildman–Crippen MR) is 69.0 cm³/mol. The molecule has 0 radical (unpaired) electrons. The van der Waals surface area contributed by atoms with Gasteiger partial charge in [-0.15, -0.1) is 0 Å². The Morgan fingerprint density at radius 2 is 2.05 bits per heavy atom. The maximum atomic E-state index is 12.5. The van der Waals surface area contributed by atoms with E-state index in [1.165, 1.54) is 23.5 Å². The molecule has 1 aliphatic rings. The lowest BCUT2D eigenvalue weighted by molar-refractivity contribution is -0.128. The van der Waals surface area contributed by atoms with Crippen LogP contribution in [0.2, 0.25) is 0 Å². The third-order valence-electron chi connectivity index (χ3n) is 2.98. The van der Waals surface area contributed by atoms with E-state index in [1.54, 1.807) is 18.2 Å². The van der Waals surface area contributed by atoms with Gasteiger partial charge in [0.05, 0.1) is 18.1 Å². The minimum absolute atomic E-state index is 0.0751. The van der Waals surface area contributed by atoms with Crippen molar-refractivity contribution in [2.45, 2.75) is 10.9 Å². The summed E-state index contributed by atoms with van der Waals surface area (Å²) in [6.07, 6.45) is 0. The van der Waals surface area contributed by atoms with E-state index < -0.39 is 16.1 Å². The van der Waals surface area contributed by atoms with Crippen LogP contribution in [-0.4, -0.2) is 51.5 Å². The highest BCUT2D eigenvalue weighted by Gasteiger charge is 2.37. The molecule has 7 heteroatoms. The summed E-state index contributed by atoms with van der Waals surface area (Å²) in [7, 11) is -2.20. The summed E-state index contributed by atoms with van der Waals surface area (Å²) in [5.74, 6) is -0.362. The maximum Gasteiger partial charge on any atom is 0.243 e. The van der Waals surface area contributed by atoms with Gasteiger partial charge in [-0.2, -0.15) is 4.31 Å². The number of rotatable bonds is 3. The molecule has 0 spiro atoms. The second-order valence-corrected chi connectivity index (χ2v) is 6.02. The second-order valence-electron chi connectivity index (χ2n) is 4.13. The number of carbonyl (C=O) groups excluding carboxylic acids is 1. The molecule has 1 aromatic rings. The Kier molecular flexibility index (Phi) is 4.18. The second kappa shape index (κ2) is 5.68. The fourth-order valence-corrected chi connectivity index (χ4v) is 3.56. The van der Waals surface area contributed by atoms with Gasteiger partial charge in [-0.1, -0.05) is 18.2 Å². The molecule has 104 valence electrons. The van der Waals surface area contributed by atoms with Crippen LogP contribution in [0.25, 0.3) is 0 Å². The molecule has 1 aromatic carbocycles. The summed E-state index contributed by atoms with van der Waals surface area (Å²) in [6, 6.07) is 7.28. The van der Waals surface area contributed by atoms with Crippen LogP contribution >= 0.6 is 0 Å². The van der Waals surface area contributed by atoms with Crippen molar-refractivity contribution in [3.63, 3.8) is 0 Å². The van der Waals surface area contributed by atoms with Crippen molar-refractivity contribution in [3.05, 3.63) is 30.3 Å². The molecule has 0 aromatic heterocycles. The van der Waals surface area contributed by atoms with Crippen molar-refractivity contribution < 1.29 is 17.9 Å². The third-order valence-corrected chi connectivity index (χ3v) is 4.90. The van der Waals surface area contributed by atoms with Crippen molar-refractivity contribution in [3.8, 4) is 0 Å². The molecule has 1 amide bonds. The van der Waals surface area contributed by atoms with Crippen LogP contribution in [0.5, 0.6) is 0 Å². The average Bonchev–Trinajstić information content (AvgIpc) is 2.47. The number of hydrogen-bond acceptors (Lipinski definition) is 4. The minimum Gasteiger partial charge on any atom is -0.378 e. The van der Waals surface area contributed by atoms with Gasteiger partial charge < -0.3 is 10.1 Å². The summed E-state index contributed by atoms with van der Waals surface area (Å²) in [5.41, 5.74) is 0. The first-order chi connectivity index (χ1) is 9.07. The van der Waals surface area contributed by atoms with Crippen molar-refractivity contribution in [1.82, 2.24) is 9.62 Å². The van der Waals surface area contributed by atoms with Crippen molar-refractivity contribution in [2.75, 3.05) is 26.8 Å². The number of amides is 1. The Hall–Kier alpha value is -1.44. The molecule has 1 unspecified atom stereocenters. The number of likely N-dealkylation sites (N-methyl/N-ethyl adjacent to an activating group) is 1. The molecule has 6 nitrogen and oxygen atoms in total. The smallest absolute Gasteiger partial charge is 0.243 e. The molecule has 2 rings (SSSR count). The average molecular weight is 284 g/mol. The Bertz CT molecular complexity index is 544. The van der Waals surface area contributed by atoms with E-state index in [2.05, 4.69) is 5.32 Å². The van der Waals surface area contributed by atoms with Gasteiger partial charge in [0.15, 0.2) is 0 Å². The number of ether oxygens (including phenoxy) is 1. The molecule has 1 heterocycles. The van der Waals surface area contributed by atoms with Crippen LogP contribution in [0, 0.1) is 0 Å². The van der Waals surface area contributed by atoms with Crippen LogP contribution in [0.1, 0.15) is 0 Å². The Balaban J connectivity index is 2.35. The lowest BCUT2D eigenvalue weighted by Gasteiger charge is -2.33. The van der Waals surface area contributed by atoms with Gasteiger partial charge in [-0.25, -0.2) is 8.42 Å². The highest BCUT2D eigenvalue weighted by molar-refractivity contribution is 7.89. The quantitative estimate of drug-likeness (QED) is 0.835. The molecule has 1 atom stereocenters. The summed E-state index contributed by atoms with van der Waals surface area (Å²) in [6.45, 7) is 0.542. The van der Waals surface area contributed by atoms with Crippen LogP contribution in [-0.2, 0) is 19.6 Å². The number of benzene rings is 1. The number of hydrogen-bond donors (Lipinski definition) is 1. The van der Waals surface area contributed by atoms with E-state index >= 15 is 0 Å². The van der Waals surface area contributed by atoms with Crippen molar-refractivity contribution >= 4 is 15.9 Å². The van der Waals surface area contributed by atoms with Gasteiger partial charge in [0.1, 0.15) is 6.04 Å². The Morgan fingerprint density at radius 3 is 2.68 bits per heavy atom. The monoisotopic (exact) mass is 284 g/mol. The first kappa shape index (κ1) is 14.0. The summed E-state index contributed by atoms with van der Waals surface area (Å²) >= 11 is 0. The number of nitrogens with one attached hydrogen (secondary N) is 1. The zero-order valence-corrected chi connectivity index (χ0v) is 11.4. The van der Waals surface area contributed by atoms with E-state index in [1.807, 2.05) is 0 Å². The SMILES string of the molecule is CNC(=O)C1COCCN1S(=O)(=O)c1ccccc1. The van der Waals surface area contributed by atoms with Gasteiger partial charge >= 0.3 is 0 Å². The van der Waals surface area contributed by atoms with Crippen LogP contribution in [0.3, 0.4) is 0 Å². The summed E-state index contributed by atoms with van der Waals surface area (Å²) < 4.78 is 31.4. The van der Waals surface area contributed by atoms with Crippen LogP contribution in [0.4, 0.5) is 0 Å². The number of sulfonamides is 1. The molecule has 1 aliphatic heterocycles. The molecule has 0 aliphatic carbocycles. The molecule has 1 N–H and O–H groups in total. The van der Waals surface area contributed by atoms with Gasteiger partial charge in [0, 0.05) is 13.6 Å². The summed E-state index contributed by atoms with van der Waals surface area (Å²) in [4.78, 5) is 11.9. The first-order valence-electron chi connectivity index (χ1n) is 5.93. The lowest BCUT2D eigenvalue weighted by Crippen LogP contribution is -2.55. The van der Waals surface area contributed by atoms with Gasteiger partial charge in [0.2, 0.25) is 15.9 Å². The fourth-order valence-electron chi connectivity index (χ4n) is 1.98. The minimum atomic E-state index is -3.67. The van der Waals surface area contributed by atoms with Gasteiger partial charge in [-0.3, -0.25) is 4.79 Å². The zero-order valence-electron chi connectivity index (χ0n) is 10.6. The molecule has 19 heavy (non-hydrogen) atoms. The van der Waals surface area contributed by atoms with E-state index in [0.717, 1.165) is 0 Å². The van der Waals surface area contributed by atoms with Crippen molar-refractivity contribution in [2.24, 2.45) is 0 Å². The standard InChI is InChI=1S/C12H16N2O4S/c1-13-12(15)11-9-18-8-7-14(11)19(16,17)10-5-3-2-4-6-10/h2-6,11H,7-9H2,1H3,(H,13,15). The van der Waals surface area contributed by atoms with E-state index in [9.17, 15) is 13.2 Å². The molecule has 0 bridgehead atoms. The number of nitrogens with zero attached hydrogens (tertiary/aromatic N) is 1. The fraction of sp³-hybridized carbons (Fsp3) is 0.417. The Labute approximate surface area is 112 Å². The van der Waals surface area contributed by atoms with Gasteiger partial charge in [-0.05, 0) is 12.1 Å². The Morgan fingerprint density at radius 1 is 1.37 bits per heavy atom. The topological polar surface area (TPSA) is 75.7 Å². The third kappa shape index (κ3) is 2.78. The van der Waals surface area contributed by atoms with Gasteiger partial charge in [0.25, 0.3) is 0 Å². The first-order valence-corrected chi connectivity index (χ1v) is 7.37. The lowest BCUT2D eigenvalue weighted by atomic mass is 10.2. The molecule has 1 fully saturated rings. The van der Waals surface area contributed by atoms with Crippen molar-refractivity contribution in [1.29, 1.82) is 0 Å². The molecular formula is C12H16N2O4S. The van der Waals surface area contributed by atoms with E-state index in [4.69, 9.17) is 4.74 Å². The zero-order chi connectivity index (χ0) is 13.9. The predicted octanol–water partition coefficient (Wildman–Crippen LogP) is -0.178. The van der Waals surface area contributed by atoms with E-state index in [-0.39, 0.29) is 24.0 Å². The molecule has 0 saturated carbocycles. The highest BCUT2D eigenvalue weighted by Crippen LogP contribution is 2.20. The van der Waals surface area contributed by atoms with E-state index in [0.29, 0.717) is 6.61 Å². The summed E-state index contributed by atoms with van der Waals surface area (Å²) in [5, 5.41) is 2.46. The highest BCUT2D eigenvalue weighted by atomic mass is 32.2. The molecular weight excluding hydrogens is 268 g/mol. The maximum absolute atomic E-state index is 12.5. The largest absolute Gasteiger partial charge is 0.378 e. The number of carbonyl (C=O) groups is 1. The number of morpholine rings is 1.